The Morgan fingerprint density at radius 3 is 2.40 bits per heavy atom. The first-order chi connectivity index (χ1) is 12.0. The molecule has 0 spiro atoms. The summed E-state index contributed by atoms with van der Waals surface area (Å²) in [6, 6.07) is 14.3. The fourth-order valence-electron chi connectivity index (χ4n) is 3.21. The van der Waals surface area contributed by atoms with Crippen molar-refractivity contribution in [2.75, 3.05) is 31.5 Å². The summed E-state index contributed by atoms with van der Waals surface area (Å²) in [5, 5.41) is 3.57. The summed E-state index contributed by atoms with van der Waals surface area (Å²) in [7, 11) is 0. The number of hydrogen-bond donors (Lipinski definition) is 1. The van der Waals surface area contributed by atoms with Crippen molar-refractivity contribution in [2.24, 2.45) is 0 Å². The predicted octanol–water partition coefficient (Wildman–Crippen LogP) is 4.31. The molecule has 3 rings (SSSR count). The topological polar surface area (TPSA) is 35.6 Å². The van der Waals surface area contributed by atoms with Crippen LogP contribution in [0.1, 0.15) is 16.7 Å². The third-order valence-electron chi connectivity index (χ3n) is 4.57. The number of nitrogens with one attached hydrogen (secondary N) is 1. The lowest BCUT2D eigenvalue weighted by Gasteiger charge is -2.34. The lowest BCUT2D eigenvalue weighted by Crippen LogP contribution is -2.49. The molecule has 1 fully saturated rings. The SMILES string of the molecule is Cc1cc(C)c(NC(=O)N2CCN(Cc3ccccc3)CC2)c(Cl)c1. The highest BCUT2D eigenvalue weighted by Gasteiger charge is 2.22. The molecule has 2 aromatic carbocycles. The third kappa shape index (κ3) is 4.53. The number of rotatable bonds is 3. The number of carbonyl (C=O) groups is 1. The lowest BCUT2D eigenvalue weighted by atomic mass is 10.1. The summed E-state index contributed by atoms with van der Waals surface area (Å²) >= 11 is 6.29. The van der Waals surface area contributed by atoms with Crippen molar-refractivity contribution in [1.29, 1.82) is 0 Å². The number of aryl methyl sites for hydroxylation is 2. The Hall–Kier alpha value is -2.04. The maximum absolute atomic E-state index is 12.6. The van der Waals surface area contributed by atoms with Gasteiger partial charge in [0.25, 0.3) is 0 Å². The van der Waals surface area contributed by atoms with Crippen LogP contribution in [0, 0.1) is 13.8 Å². The maximum atomic E-state index is 12.6. The molecular formula is C20H24ClN3O. The molecule has 25 heavy (non-hydrogen) atoms. The lowest BCUT2D eigenvalue weighted by molar-refractivity contribution is 0.143. The highest BCUT2D eigenvalue weighted by atomic mass is 35.5. The van der Waals surface area contributed by atoms with Gasteiger partial charge in [-0.25, -0.2) is 4.79 Å². The van der Waals surface area contributed by atoms with Crippen molar-refractivity contribution in [3.8, 4) is 0 Å². The second-order valence-corrected chi connectivity index (χ2v) is 7.02. The molecule has 1 aliphatic heterocycles. The first-order valence-corrected chi connectivity index (χ1v) is 8.99. The predicted molar refractivity (Wildman–Crippen MR) is 103 cm³/mol. The van der Waals surface area contributed by atoms with E-state index in [0.29, 0.717) is 10.7 Å². The highest BCUT2D eigenvalue weighted by Crippen LogP contribution is 2.27. The molecule has 5 heteroatoms. The monoisotopic (exact) mass is 357 g/mol. The Kier molecular flexibility index (Phi) is 5.61. The quantitative estimate of drug-likeness (QED) is 0.888. The zero-order valence-electron chi connectivity index (χ0n) is 14.8. The average molecular weight is 358 g/mol. The molecule has 132 valence electrons. The number of hydrogen-bond acceptors (Lipinski definition) is 2. The zero-order chi connectivity index (χ0) is 17.8. The van der Waals surface area contributed by atoms with Gasteiger partial charge in [-0.1, -0.05) is 48.0 Å². The standard InChI is InChI=1S/C20H24ClN3O/c1-15-12-16(2)19(18(21)13-15)22-20(25)24-10-8-23(9-11-24)14-17-6-4-3-5-7-17/h3-7,12-13H,8-11,14H2,1-2H3,(H,22,25). The van der Waals surface area contributed by atoms with Gasteiger partial charge in [-0.15, -0.1) is 0 Å². The van der Waals surface area contributed by atoms with Gasteiger partial charge in [0.15, 0.2) is 0 Å². The molecular weight excluding hydrogens is 334 g/mol. The number of anilines is 1. The van der Waals surface area contributed by atoms with Crippen LogP contribution in [0.5, 0.6) is 0 Å². The number of halogens is 1. The molecule has 0 saturated carbocycles. The molecule has 0 atom stereocenters. The van der Waals surface area contributed by atoms with Crippen LogP contribution in [-0.4, -0.2) is 42.0 Å². The van der Waals surface area contributed by atoms with Crippen LogP contribution in [0.3, 0.4) is 0 Å². The molecule has 1 aliphatic rings. The summed E-state index contributed by atoms with van der Waals surface area (Å²) in [4.78, 5) is 16.8. The minimum atomic E-state index is -0.0757. The molecule has 0 unspecified atom stereocenters. The Morgan fingerprint density at radius 1 is 1.08 bits per heavy atom. The summed E-state index contributed by atoms with van der Waals surface area (Å²) < 4.78 is 0. The van der Waals surface area contributed by atoms with Gasteiger partial charge < -0.3 is 10.2 Å². The minimum Gasteiger partial charge on any atom is -0.322 e. The van der Waals surface area contributed by atoms with Crippen LogP contribution in [0.15, 0.2) is 42.5 Å². The second kappa shape index (κ2) is 7.89. The van der Waals surface area contributed by atoms with Crippen molar-refractivity contribution in [3.63, 3.8) is 0 Å². The van der Waals surface area contributed by atoms with Crippen molar-refractivity contribution >= 4 is 23.3 Å². The fraction of sp³-hybridized carbons (Fsp3) is 0.350. The molecule has 1 saturated heterocycles. The van der Waals surface area contributed by atoms with Crippen LogP contribution in [0.2, 0.25) is 5.02 Å². The van der Waals surface area contributed by atoms with Crippen LogP contribution in [-0.2, 0) is 6.54 Å². The van der Waals surface area contributed by atoms with Crippen molar-refractivity contribution in [3.05, 3.63) is 64.2 Å². The van der Waals surface area contributed by atoms with E-state index in [0.717, 1.165) is 43.9 Å². The number of benzene rings is 2. The van der Waals surface area contributed by atoms with Gasteiger partial charge in [-0.05, 0) is 36.6 Å². The Morgan fingerprint density at radius 2 is 1.76 bits per heavy atom. The van der Waals surface area contributed by atoms with Crippen molar-refractivity contribution < 1.29 is 4.79 Å². The van der Waals surface area contributed by atoms with E-state index in [1.807, 2.05) is 36.9 Å². The molecule has 1 heterocycles. The first kappa shape index (κ1) is 17.8. The van der Waals surface area contributed by atoms with Gasteiger partial charge in [-0.3, -0.25) is 4.90 Å². The second-order valence-electron chi connectivity index (χ2n) is 6.62. The molecule has 2 aromatic rings. The number of nitrogens with zero attached hydrogens (tertiary/aromatic N) is 2. The molecule has 4 nitrogen and oxygen atoms in total. The zero-order valence-corrected chi connectivity index (χ0v) is 15.5. The van der Waals surface area contributed by atoms with Gasteiger partial charge in [0.1, 0.15) is 0 Å². The van der Waals surface area contributed by atoms with E-state index in [2.05, 4.69) is 34.5 Å². The van der Waals surface area contributed by atoms with E-state index < -0.39 is 0 Å². The summed E-state index contributed by atoms with van der Waals surface area (Å²) in [5.74, 6) is 0. The summed E-state index contributed by atoms with van der Waals surface area (Å²) in [5.41, 5.74) is 4.10. The molecule has 0 bridgehead atoms. The van der Waals surface area contributed by atoms with Crippen molar-refractivity contribution in [1.82, 2.24) is 9.80 Å². The smallest absolute Gasteiger partial charge is 0.321 e. The number of carbonyl (C=O) groups excluding carboxylic acids is 1. The van der Waals surface area contributed by atoms with E-state index in [1.54, 1.807) is 0 Å². The third-order valence-corrected chi connectivity index (χ3v) is 4.87. The largest absolute Gasteiger partial charge is 0.322 e. The van der Waals surface area contributed by atoms with Crippen molar-refractivity contribution in [2.45, 2.75) is 20.4 Å². The van der Waals surface area contributed by atoms with E-state index in [4.69, 9.17) is 11.6 Å². The Bertz CT molecular complexity index is 717. The highest BCUT2D eigenvalue weighted by molar-refractivity contribution is 6.34. The Labute approximate surface area is 154 Å². The molecule has 0 aliphatic carbocycles. The Balaban J connectivity index is 1.55. The first-order valence-electron chi connectivity index (χ1n) is 8.62. The summed E-state index contributed by atoms with van der Waals surface area (Å²) in [6.07, 6.45) is 0. The number of amides is 2. The van der Waals surface area contributed by atoms with E-state index >= 15 is 0 Å². The average Bonchev–Trinajstić information content (AvgIpc) is 2.59. The number of urea groups is 1. The minimum absolute atomic E-state index is 0.0757. The maximum Gasteiger partial charge on any atom is 0.321 e. The molecule has 0 radical (unpaired) electrons. The van der Waals surface area contributed by atoms with Gasteiger partial charge in [0.2, 0.25) is 0 Å². The molecule has 1 N–H and O–H groups in total. The van der Waals surface area contributed by atoms with Gasteiger partial charge in [0.05, 0.1) is 10.7 Å². The van der Waals surface area contributed by atoms with Gasteiger partial charge >= 0.3 is 6.03 Å². The summed E-state index contributed by atoms with van der Waals surface area (Å²) in [6.45, 7) is 8.09. The van der Waals surface area contributed by atoms with E-state index in [-0.39, 0.29) is 6.03 Å². The van der Waals surface area contributed by atoms with E-state index in [1.165, 1.54) is 5.56 Å². The molecule has 2 amide bonds. The van der Waals surface area contributed by atoms with Crippen LogP contribution in [0.4, 0.5) is 10.5 Å². The van der Waals surface area contributed by atoms with Crippen LogP contribution < -0.4 is 5.32 Å². The van der Waals surface area contributed by atoms with E-state index in [9.17, 15) is 4.79 Å². The molecule has 0 aromatic heterocycles. The van der Waals surface area contributed by atoms with Gasteiger partial charge in [0, 0.05) is 32.7 Å². The van der Waals surface area contributed by atoms with Gasteiger partial charge in [-0.2, -0.15) is 0 Å². The van der Waals surface area contributed by atoms with Crippen LogP contribution >= 0.6 is 11.6 Å². The number of piperazine rings is 1. The normalized spacial score (nSPS) is 15.2. The van der Waals surface area contributed by atoms with Crippen LogP contribution in [0.25, 0.3) is 0 Å². The fourth-order valence-corrected chi connectivity index (χ4v) is 3.58.